The van der Waals surface area contributed by atoms with Crippen LogP contribution in [0.25, 0.3) is 0 Å². The zero-order chi connectivity index (χ0) is 13.1. The Kier molecular flexibility index (Phi) is 2.63. The minimum atomic E-state index is -0.824. The fourth-order valence-electron chi connectivity index (χ4n) is 4.10. The Hall–Kier alpha value is -0.710. The van der Waals surface area contributed by atoms with E-state index in [9.17, 15) is 14.7 Å². The average Bonchev–Trinajstić information content (AvgIpc) is 3.25. The maximum Gasteiger partial charge on any atom is 0.327 e. The summed E-state index contributed by atoms with van der Waals surface area (Å²) in [5.41, 5.74) is 0. The Labute approximate surface area is 116 Å². The van der Waals surface area contributed by atoms with E-state index in [1.165, 1.54) is 19.3 Å². The van der Waals surface area contributed by atoms with Crippen molar-refractivity contribution < 1.29 is 14.7 Å². The highest BCUT2D eigenvalue weighted by atomic mass is 32.2. The molecule has 0 radical (unpaired) electrons. The van der Waals surface area contributed by atoms with Crippen LogP contribution < -0.4 is 0 Å². The van der Waals surface area contributed by atoms with Gasteiger partial charge in [0.15, 0.2) is 0 Å². The van der Waals surface area contributed by atoms with Gasteiger partial charge in [-0.1, -0.05) is 6.42 Å². The number of hydrogen-bond donors (Lipinski definition) is 1. The zero-order valence-corrected chi connectivity index (χ0v) is 11.6. The molecule has 1 N–H and O–H groups in total. The van der Waals surface area contributed by atoms with Gasteiger partial charge in [-0.3, -0.25) is 4.79 Å². The summed E-state index contributed by atoms with van der Waals surface area (Å²) in [6.07, 6.45) is 5.92. The summed E-state index contributed by atoms with van der Waals surface area (Å²) in [5.74, 6) is 1.77. The molecule has 4 rings (SSSR count). The van der Waals surface area contributed by atoms with Crippen molar-refractivity contribution >= 4 is 23.6 Å². The minimum Gasteiger partial charge on any atom is -0.480 e. The fourth-order valence-corrected chi connectivity index (χ4v) is 5.74. The SMILES string of the molecule is O=C(O)C1CSC(C2CC2)N1C(=O)C1C2CCCC21. The van der Waals surface area contributed by atoms with Crippen molar-refractivity contribution in [2.45, 2.75) is 43.5 Å². The summed E-state index contributed by atoms with van der Waals surface area (Å²) in [7, 11) is 0. The highest BCUT2D eigenvalue weighted by molar-refractivity contribution is 8.00. The third-order valence-corrected chi connectivity index (χ3v) is 6.75. The Balaban J connectivity index is 1.54. The lowest BCUT2D eigenvalue weighted by Gasteiger charge is -2.28. The van der Waals surface area contributed by atoms with Gasteiger partial charge in [0.2, 0.25) is 5.91 Å². The van der Waals surface area contributed by atoms with Crippen LogP contribution in [0.2, 0.25) is 0 Å². The molecule has 3 aliphatic carbocycles. The van der Waals surface area contributed by atoms with Crippen molar-refractivity contribution in [3.8, 4) is 0 Å². The average molecular weight is 281 g/mol. The molecule has 4 nitrogen and oxygen atoms in total. The first kappa shape index (κ1) is 12.1. The fraction of sp³-hybridized carbons (Fsp3) is 0.857. The van der Waals surface area contributed by atoms with Crippen LogP contribution in [0.15, 0.2) is 0 Å². The molecule has 104 valence electrons. The van der Waals surface area contributed by atoms with Gasteiger partial charge in [0, 0.05) is 11.7 Å². The van der Waals surface area contributed by atoms with Crippen LogP contribution in [0, 0.1) is 23.7 Å². The lowest BCUT2D eigenvalue weighted by molar-refractivity contribution is -0.150. The summed E-state index contributed by atoms with van der Waals surface area (Å²) in [5, 5.41) is 9.50. The van der Waals surface area contributed by atoms with E-state index in [-0.39, 0.29) is 17.2 Å². The van der Waals surface area contributed by atoms with E-state index in [0.29, 0.717) is 23.5 Å². The van der Waals surface area contributed by atoms with Gasteiger partial charge in [-0.05, 0) is 43.4 Å². The molecule has 1 heterocycles. The number of carboxylic acid groups (broad SMARTS) is 1. The maximum absolute atomic E-state index is 12.7. The van der Waals surface area contributed by atoms with Crippen LogP contribution in [-0.4, -0.2) is 39.1 Å². The first-order valence-electron chi connectivity index (χ1n) is 7.35. The molecule has 4 atom stereocenters. The molecule has 4 fully saturated rings. The molecule has 19 heavy (non-hydrogen) atoms. The van der Waals surface area contributed by atoms with Crippen LogP contribution in [-0.2, 0) is 9.59 Å². The van der Waals surface area contributed by atoms with Gasteiger partial charge in [0.05, 0.1) is 5.37 Å². The highest BCUT2D eigenvalue weighted by Gasteiger charge is 2.60. The Morgan fingerprint density at radius 2 is 1.79 bits per heavy atom. The number of aliphatic carboxylic acids is 1. The number of carbonyl (C=O) groups is 2. The molecule has 4 unspecified atom stereocenters. The van der Waals surface area contributed by atoms with E-state index in [0.717, 1.165) is 12.8 Å². The van der Waals surface area contributed by atoms with Gasteiger partial charge in [-0.25, -0.2) is 4.79 Å². The van der Waals surface area contributed by atoms with Crippen molar-refractivity contribution in [1.82, 2.24) is 4.90 Å². The Bertz CT molecular complexity index is 426. The van der Waals surface area contributed by atoms with Gasteiger partial charge in [0.25, 0.3) is 0 Å². The molecule has 3 saturated carbocycles. The smallest absolute Gasteiger partial charge is 0.327 e. The van der Waals surface area contributed by atoms with Crippen molar-refractivity contribution in [3.63, 3.8) is 0 Å². The number of nitrogens with zero attached hydrogens (tertiary/aromatic N) is 1. The first-order valence-corrected chi connectivity index (χ1v) is 8.40. The van der Waals surface area contributed by atoms with Gasteiger partial charge in [-0.2, -0.15) is 0 Å². The number of amides is 1. The van der Waals surface area contributed by atoms with Gasteiger partial charge >= 0.3 is 5.97 Å². The maximum atomic E-state index is 12.7. The molecular weight excluding hydrogens is 262 g/mol. The standard InChI is InChI=1S/C14H19NO3S/c16-12(11-8-2-1-3-9(8)11)15-10(14(17)18)6-19-13(15)7-4-5-7/h7-11,13H,1-6H2,(H,17,18). The molecule has 1 amide bonds. The number of rotatable bonds is 3. The third kappa shape index (κ3) is 1.81. The molecule has 1 saturated heterocycles. The Morgan fingerprint density at radius 3 is 2.37 bits per heavy atom. The number of carbonyl (C=O) groups excluding carboxylic acids is 1. The summed E-state index contributed by atoms with van der Waals surface area (Å²) in [6, 6.07) is -0.579. The lowest BCUT2D eigenvalue weighted by atomic mass is 10.1. The molecule has 5 heteroatoms. The largest absolute Gasteiger partial charge is 0.480 e. The summed E-state index contributed by atoms with van der Waals surface area (Å²) in [4.78, 5) is 25.9. The van der Waals surface area contributed by atoms with Crippen molar-refractivity contribution in [2.24, 2.45) is 23.7 Å². The Morgan fingerprint density at radius 1 is 1.11 bits per heavy atom. The second-order valence-electron chi connectivity index (χ2n) is 6.45. The van der Waals surface area contributed by atoms with E-state index in [2.05, 4.69) is 0 Å². The summed E-state index contributed by atoms with van der Waals surface area (Å²) in [6.45, 7) is 0. The normalized spacial score (nSPS) is 44.2. The van der Waals surface area contributed by atoms with Crippen molar-refractivity contribution in [3.05, 3.63) is 0 Å². The van der Waals surface area contributed by atoms with E-state index in [1.54, 1.807) is 16.7 Å². The molecule has 0 spiro atoms. The third-order valence-electron chi connectivity index (χ3n) is 5.29. The molecule has 0 aromatic rings. The monoisotopic (exact) mass is 281 g/mol. The second-order valence-corrected chi connectivity index (χ2v) is 7.59. The van der Waals surface area contributed by atoms with Crippen LogP contribution in [0.1, 0.15) is 32.1 Å². The topological polar surface area (TPSA) is 57.6 Å². The summed E-state index contributed by atoms with van der Waals surface area (Å²) >= 11 is 1.68. The predicted molar refractivity (Wildman–Crippen MR) is 71.6 cm³/mol. The predicted octanol–water partition coefficient (Wildman–Crippen LogP) is 1.80. The summed E-state index contributed by atoms with van der Waals surface area (Å²) < 4.78 is 0. The van der Waals surface area contributed by atoms with Gasteiger partial charge in [-0.15, -0.1) is 11.8 Å². The number of hydrogen-bond acceptors (Lipinski definition) is 3. The molecule has 4 aliphatic rings. The number of fused-ring (bicyclic) bond motifs is 1. The second kappa shape index (κ2) is 4.14. The zero-order valence-electron chi connectivity index (χ0n) is 10.8. The highest BCUT2D eigenvalue weighted by Crippen LogP contribution is 2.59. The lowest BCUT2D eigenvalue weighted by Crippen LogP contribution is -2.47. The van der Waals surface area contributed by atoms with E-state index in [1.807, 2.05) is 0 Å². The first-order chi connectivity index (χ1) is 9.18. The van der Waals surface area contributed by atoms with Gasteiger partial charge < -0.3 is 10.0 Å². The van der Waals surface area contributed by atoms with E-state index < -0.39 is 12.0 Å². The number of thioether (sulfide) groups is 1. The van der Waals surface area contributed by atoms with Crippen molar-refractivity contribution in [2.75, 3.05) is 5.75 Å². The van der Waals surface area contributed by atoms with E-state index >= 15 is 0 Å². The molecule has 0 aromatic heterocycles. The molecule has 0 bridgehead atoms. The van der Waals surface area contributed by atoms with Crippen LogP contribution in [0.3, 0.4) is 0 Å². The van der Waals surface area contributed by atoms with Crippen LogP contribution in [0.5, 0.6) is 0 Å². The van der Waals surface area contributed by atoms with Gasteiger partial charge in [0.1, 0.15) is 6.04 Å². The molecule has 1 aliphatic heterocycles. The van der Waals surface area contributed by atoms with Crippen LogP contribution in [0.4, 0.5) is 0 Å². The quantitative estimate of drug-likeness (QED) is 0.857. The molecule has 0 aromatic carbocycles. The van der Waals surface area contributed by atoms with Crippen LogP contribution >= 0.6 is 11.8 Å². The number of carboxylic acids is 1. The minimum absolute atomic E-state index is 0.148. The molecular formula is C14H19NO3S. The van der Waals surface area contributed by atoms with Crippen molar-refractivity contribution in [1.29, 1.82) is 0 Å². The van der Waals surface area contributed by atoms with E-state index in [4.69, 9.17) is 0 Å².